The summed E-state index contributed by atoms with van der Waals surface area (Å²) in [6.07, 6.45) is 1.54. The molecule has 23 heavy (non-hydrogen) atoms. The fourth-order valence-corrected chi connectivity index (χ4v) is 2.17. The summed E-state index contributed by atoms with van der Waals surface area (Å²) >= 11 is 0. The molecule has 0 radical (unpaired) electrons. The van der Waals surface area contributed by atoms with Gasteiger partial charge >= 0.3 is 0 Å². The maximum atomic E-state index is 13.4. The minimum Gasteiger partial charge on any atom is -0.477 e. The number of pyridine rings is 1. The van der Waals surface area contributed by atoms with Crippen molar-refractivity contribution in [3.05, 3.63) is 59.3 Å². The minimum atomic E-state index is -0.938. The van der Waals surface area contributed by atoms with Crippen molar-refractivity contribution in [1.82, 2.24) is 9.88 Å². The summed E-state index contributed by atoms with van der Waals surface area (Å²) < 4.78 is 31.8. The SMILES string of the molecule is CCOc1ncccc1C(=O)N(C)C(C)c1ccc(F)c(F)c1. The van der Waals surface area contributed by atoms with E-state index in [9.17, 15) is 13.6 Å². The number of carbonyl (C=O) groups is 1. The monoisotopic (exact) mass is 320 g/mol. The van der Waals surface area contributed by atoms with Crippen molar-refractivity contribution >= 4 is 5.91 Å². The fourth-order valence-electron chi connectivity index (χ4n) is 2.17. The lowest BCUT2D eigenvalue weighted by molar-refractivity contribution is 0.0737. The van der Waals surface area contributed by atoms with Gasteiger partial charge in [0.2, 0.25) is 5.88 Å². The van der Waals surface area contributed by atoms with Gasteiger partial charge in [-0.25, -0.2) is 13.8 Å². The maximum absolute atomic E-state index is 13.4. The molecule has 0 aliphatic heterocycles. The second kappa shape index (κ2) is 7.17. The van der Waals surface area contributed by atoms with Gasteiger partial charge in [0.1, 0.15) is 5.56 Å². The van der Waals surface area contributed by atoms with E-state index in [-0.39, 0.29) is 11.8 Å². The zero-order valence-corrected chi connectivity index (χ0v) is 13.2. The van der Waals surface area contributed by atoms with Crippen LogP contribution < -0.4 is 4.74 Å². The summed E-state index contributed by atoms with van der Waals surface area (Å²) in [6.45, 7) is 3.93. The Balaban J connectivity index is 2.26. The normalized spacial score (nSPS) is 11.9. The van der Waals surface area contributed by atoms with Crippen LogP contribution >= 0.6 is 0 Å². The van der Waals surface area contributed by atoms with Crippen LogP contribution in [-0.4, -0.2) is 29.4 Å². The van der Waals surface area contributed by atoms with Gasteiger partial charge in [-0.1, -0.05) is 6.07 Å². The quantitative estimate of drug-likeness (QED) is 0.845. The molecule has 2 aromatic rings. The predicted molar refractivity (Wildman–Crippen MR) is 82.3 cm³/mol. The van der Waals surface area contributed by atoms with Gasteiger partial charge in [-0.15, -0.1) is 0 Å². The van der Waals surface area contributed by atoms with Crippen LogP contribution in [0.2, 0.25) is 0 Å². The first-order valence-corrected chi connectivity index (χ1v) is 7.25. The summed E-state index contributed by atoms with van der Waals surface area (Å²) in [5.41, 5.74) is 0.827. The molecule has 1 unspecified atom stereocenters. The summed E-state index contributed by atoms with van der Waals surface area (Å²) in [5, 5.41) is 0. The van der Waals surface area contributed by atoms with E-state index in [0.717, 1.165) is 12.1 Å². The van der Waals surface area contributed by atoms with Crippen molar-refractivity contribution in [1.29, 1.82) is 0 Å². The molecule has 1 atom stereocenters. The molecule has 0 saturated carbocycles. The minimum absolute atomic E-state index is 0.254. The van der Waals surface area contributed by atoms with Gasteiger partial charge in [-0.3, -0.25) is 4.79 Å². The number of hydrogen-bond acceptors (Lipinski definition) is 3. The van der Waals surface area contributed by atoms with Gasteiger partial charge in [0.25, 0.3) is 5.91 Å². The highest BCUT2D eigenvalue weighted by Crippen LogP contribution is 2.24. The van der Waals surface area contributed by atoms with E-state index in [1.54, 1.807) is 39.2 Å². The van der Waals surface area contributed by atoms with Crippen molar-refractivity contribution < 1.29 is 18.3 Å². The fraction of sp³-hybridized carbons (Fsp3) is 0.294. The molecule has 1 aromatic carbocycles. The standard InChI is InChI=1S/C17H18F2N2O2/c1-4-23-16-13(6-5-9-20-16)17(22)21(3)11(2)12-7-8-14(18)15(19)10-12/h5-11H,4H2,1-3H3. The lowest BCUT2D eigenvalue weighted by Crippen LogP contribution is -2.30. The average Bonchev–Trinajstić information content (AvgIpc) is 2.56. The first-order chi connectivity index (χ1) is 11.0. The summed E-state index contributed by atoms with van der Waals surface area (Å²) in [7, 11) is 1.59. The second-order valence-corrected chi connectivity index (χ2v) is 5.05. The molecule has 4 nitrogen and oxygen atoms in total. The lowest BCUT2D eigenvalue weighted by Gasteiger charge is -2.26. The molecule has 0 fully saturated rings. The average molecular weight is 320 g/mol. The van der Waals surface area contributed by atoms with E-state index in [0.29, 0.717) is 17.7 Å². The Bertz CT molecular complexity index is 707. The molecule has 0 bridgehead atoms. The van der Waals surface area contributed by atoms with Gasteiger partial charge in [0.05, 0.1) is 12.6 Å². The van der Waals surface area contributed by atoms with Gasteiger partial charge in [0.15, 0.2) is 11.6 Å². The van der Waals surface area contributed by atoms with Gasteiger partial charge in [-0.2, -0.15) is 0 Å². The van der Waals surface area contributed by atoms with Crippen LogP contribution in [0.15, 0.2) is 36.5 Å². The zero-order chi connectivity index (χ0) is 17.0. The van der Waals surface area contributed by atoms with Crippen LogP contribution in [0.1, 0.15) is 35.8 Å². The zero-order valence-electron chi connectivity index (χ0n) is 13.2. The third-order valence-electron chi connectivity index (χ3n) is 3.61. The molecule has 6 heteroatoms. The van der Waals surface area contributed by atoms with Gasteiger partial charge in [0, 0.05) is 13.2 Å². The number of benzene rings is 1. The molecule has 0 saturated heterocycles. The van der Waals surface area contributed by atoms with Gasteiger partial charge in [-0.05, 0) is 43.7 Å². The summed E-state index contributed by atoms with van der Waals surface area (Å²) in [6, 6.07) is 6.43. The van der Waals surface area contributed by atoms with E-state index >= 15 is 0 Å². The number of amides is 1. The molecule has 0 aliphatic carbocycles. The van der Waals surface area contributed by atoms with E-state index in [4.69, 9.17) is 4.74 Å². The lowest BCUT2D eigenvalue weighted by atomic mass is 10.1. The Kier molecular flexibility index (Phi) is 5.26. The molecule has 0 aliphatic rings. The smallest absolute Gasteiger partial charge is 0.259 e. The molecule has 1 heterocycles. The van der Waals surface area contributed by atoms with Crippen LogP contribution in [0.4, 0.5) is 8.78 Å². The van der Waals surface area contributed by atoms with Crippen LogP contribution in [0.5, 0.6) is 5.88 Å². The molecular weight excluding hydrogens is 302 g/mol. The number of carbonyl (C=O) groups excluding carboxylic acids is 1. The maximum Gasteiger partial charge on any atom is 0.259 e. The Labute approximate surface area is 133 Å². The molecule has 1 amide bonds. The van der Waals surface area contributed by atoms with E-state index in [2.05, 4.69) is 4.98 Å². The topological polar surface area (TPSA) is 42.4 Å². The molecule has 1 aromatic heterocycles. The Morgan fingerprint density at radius 3 is 2.70 bits per heavy atom. The first kappa shape index (κ1) is 16.9. The van der Waals surface area contributed by atoms with Crippen molar-refractivity contribution in [2.24, 2.45) is 0 Å². The molecular formula is C17H18F2N2O2. The van der Waals surface area contributed by atoms with Crippen molar-refractivity contribution in [3.63, 3.8) is 0 Å². The molecule has 0 spiro atoms. The third kappa shape index (κ3) is 3.64. The summed E-state index contributed by atoms with van der Waals surface area (Å²) in [5.74, 6) is -1.91. The number of hydrogen-bond donors (Lipinski definition) is 0. The van der Waals surface area contributed by atoms with Crippen LogP contribution in [0.3, 0.4) is 0 Å². The second-order valence-electron chi connectivity index (χ2n) is 5.05. The number of rotatable bonds is 5. The number of ether oxygens (including phenoxy) is 1. The molecule has 122 valence electrons. The number of halogens is 2. The van der Waals surface area contributed by atoms with E-state index in [1.165, 1.54) is 11.0 Å². The van der Waals surface area contributed by atoms with Crippen LogP contribution in [0, 0.1) is 11.6 Å². The highest BCUT2D eigenvalue weighted by Gasteiger charge is 2.23. The van der Waals surface area contributed by atoms with Gasteiger partial charge < -0.3 is 9.64 Å². The predicted octanol–water partition coefficient (Wildman–Crippen LogP) is 3.59. The number of nitrogens with zero attached hydrogens (tertiary/aromatic N) is 2. The van der Waals surface area contributed by atoms with E-state index < -0.39 is 17.7 Å². The van der Waals surface area contributed by atoms with Crippen LogP contribution in [0.25, 0.3) is 0 Å². The van der Waals surface area contributed by atoms with Crippen LogP contribution in [-0.2, 0) is 0 Å². The molecule has 2 rings (SSSR count). The largest absolute Gasteiger partial charge is 0.477 e. The highest BCUT2D eigenvalue weighted by atomic mass is 19.2. The Hall–Kier alpha value is -2.50. The van der Waals surface area contributed by atoms with E-state index in [1.807, 2.05) is 0 Å². The van der Waals surface area contributed by atoms with Crippen molar-refractivity contribution in [2.75, 3.05) is 13.7 Å². The third-order valence-corrected chi connectivity index (χ3v) is 3.61. The summed E-state index contributed by atoms with van der Waals surface area (Å²) in [4.78, 5) is 18.1. The number of aromatic nitrogens is 1. The van der Waals surface area contributed by atoms with Crippen molar-refractivity contribution in [2.45, 2.75) is 19.9 Å². The first-order valence-electron chi connectivity index (χ1n) is 7.25. The van der Waals surface area contributed by atoms with Crippen molar-refractivity contribution in [3.8, 4) is 5.88 Å². The Morgan fingerprint density at radius 1 is 1.30 bits per heavy atom. The Morgan fingerprint density at radius 2 is 2.04 bits per heavy atom. The highest BCUT2D eigenvalue weighted by molar-refractivity contribution is 5.96. The molecule has 0 N–H and O–H groups in total.